The second-order valence-corrected chi connectivity index (χ2v) is 7.69. The maximum absolute atomic E-state index is 11.5. The molecule has 0 N–H and O–H groups in total. The van der Waals surface area contributed by atoms with Gasteiger partial charge in [-0.3, -0.25) is 4.90 Å². The average molecular weight is 320 g/mol. The van der Waals surface area contributed by atoms with Crippen molar-refractivity contribution < 1.29 is 13.2 Å². The Hall–Kier alpha value is -0.770. The van der Waals surface area contributed by atoms with Crippen LogP contribution < -0.4 is 4.74 Å². The van der Waals surface area contributed by atoms with Crippen LogP contribution in [0.1, 0.15) is 18.4 Å². The summed E-state index contributed by atoms with van der Waals surface area (Å²) in [4.78, 5) is 2.21. The summed E-state index contributed by atoms with van der Waals surface area (Å²) in [6, 6.07) is 0. The van der Waals surface area contributed by atoms with Crippen molar-refractivity contribution in [3.63, 3.8) is 0 Å². The number of sulfonamides is 1. The third-order valence-electron chi connectivity index (χ3n) is 3.09. The van der Waals surface area contributed by atoms with Gasteiger partial charge < -0.3 is 4.74 Å². The lowest BCUT2D eigenvalue weighted by Gasteiger charge is -2.19. The summed E-state index contributed by atoms with van der Waals surface area (Å²) in [5, 5.41) is 9.56. The molecule has 7 nitrogen and oxygen atoms in total. The van der Waals surface area contributed by atoms with Crippen LogP contribution in [0.25, 0.3) is 0 Å². The van der Waals surface area contributed by atoms with Gasteiger partial charge in [-0.25, -0.2) is 12.7 Å². The third-order valence-corrected chi connectivity index (χ3v) is 5.22. The van der Waals surface area contributed by atoms with Crippen LogP contribution in [-0.4, -0.2) is 66.9 Å². The zero-order valence-corrected chi connectivity index (χ0v) is 13.4. The first-order valence-corrected chi connectivity index (χ1v) is 9.28. The normalized spacial score (nSPS) is 18.9. The molecule has 0 atom stereocenters. The molecule has 9 heteroatoms. The van der Waals surface area contributed by atoms with Crippen molar-refractivity contribution in [1.82, 2.24) is 19.4 Å². The van der Waals surface area contributed by atoms with Crippen LogP contribution in [0.3, 0.4) is 0 Å². The predicted octanol–water partition coefficient (Wildman–Crippen LogP) is 0.404. The largest absolute Gasteiger partial charge is 0.469 e. The molecule has 0 unspecified atom stereocenters. The van der Waals surface area contributed by atoms with Gasteiger partial charge in [-0.05, 0) is 19.9 Å². The average Bonchev–Trinajstić information content (AvgIpc) is 2.65. The van der Waals surface area contributed by atoms with Crippen LogP contribution in [-0.2, 0) is 16.6 Å². The van der Waals surface area contributed by atoms with E-state index >= 15 is 0 Å². The quantitative estimate of drug-likeness (QED) is 0.782. The molecule has 2 heterocycles. The van der Waals surface area contributed by atoms with Crippen LogP contribution in [0, 0.1) is 0 Å². The van der Waals surface area contributed by atoms with E-state index in [0.717, 1.165) is 24.5 Å². The number of hydrogen-bond donors (Lipinski definition) is 0. The van der Waals surface area contributed by atoms with Crippen LogP contribution in [0.4, 0.5) is 0 Å². The Balaban J connectivity index is 1.90. The Labute approximate surface area is 123 Å². The van der Waals surface area contributed by atoms with Crippen molar-refractivity contribution in [1.29, 1.82) is 0 Å². The second-order valence-electron chi connectivity index (χ2n) is 4.69. The number of aromatic nitrogens is 2. The molecule has 1 fully saturated rings. The van der Waals surface area contributed by atoms with E-state index in [2.05, 4.69) is 15.1 Å². The first-order chi connectivity index (χ1) is 9.49. The van der Waals surface area contributed by atoms with Crippen molar-refractivity contribution in [2.45, 2.75) is 19.9 Å². The Morgan fingerprint density at radius 1 is 1.25 bits per heavy atom. The molecule has 0 aromatic carbocycles. The molecule has 1 aromatic rings. The summed E-state index contributed by atoms with van der Waals surface area (Å²) in [5.74, 6) is 0. The molecule has 2 rings (SSSR count). The molecule has 1 saturated heterocycles. The highest BCUT2D eigenvalue weighted by molar-refractivity contribution is 7.88. The summed E-state index contributed by atoms with van der Waals surface area (Å²) >= 11 is 1.45. The maximum Gasteiger partial charge on any atom is 0.294 e. The van der Waals surface area contributed by atoms with Gasteiger partial charge in [0.1, 0.15) is 5.01 Å². The summed E-state index contributed by atoms with van der Waals surface area (Å²) in [5.41, 5.74) is 0. The standard InChI is InChI=1S/C11H20N4O3S2/c1-3-18-11-13-12-10(19-11)9-14-5-4-6-15(8-7-14)20(2,16)17/h3-9H2,1-2H3. The Bertz CT molecular complexity index is 532. The van der Waals surface area contributed by atoms with Crippen LogP contribution in [0.5, 0.6) is 5.19 Å². The van der Waals surface area contributed by atoms with E-state index in [0.29, 0.717) is 31.4 Å². The molecule has 114 valence electrons. The third kappa shape index (κ3) is 4.37. The summed E-state index contributed by atoms with van der Waals surface area (Å²) in [6.07, 6.45) is 2.10. The highest BCUT2D eigenvalue weighted by atomic mass is 32.2. The number of rotatable bonds is 5. The van der Waals surface area contributed by atoms with Crippen LogP contribution in [0.15, 0.2) is 0 Å². The molecular weight excluding hydrogens is 300 g/mol. The minimum atomic E-state index is -3.09. The highest BCUT2D eigenvalue weighted by Gasteiger charge is 2.22. The molecular formula is C11H20N4O3S2. The van der Waals surface area contributed by atoms with E-state index in [-0.39, 0.29) is 0 Å². The highest BCUT2D eigenvalue weighted by Crippen LogP contribution is 2.20. The summed E-state index contributed by atoms with van der Waals surface area (Å²) in [7, 11) is -3.09. The van der Waals surface area contributed by atoms with E-state index in [1.54, 1.807) is 4.31 Å². The zero-order chi connectivity index (χ0) is 14.6. The molecule has 20 heavy (non-hydrogen) atoms. The molecule has 0 aliphatic carbocycles. The molecule has 1 aromatic heterocycles. The molecule has 0 amide bonds. The van der Waals surface area contributed by atoms with Gasteiger partial charge in [0.2, 0.25) is 10.0 Å². The van der Waals surface area contributed by atoms with Crippen molar-refractivity contribution >= 4 is 21.4 Å². The SMILES string of the molecule is CCOc1nnc(CN2CCCN(S(C)(=O)=O)CC2)s1. The van der Waals surface area contributed by atoms with Crippen molar-refractivity contribution in [3.8, 4) is 5.19 Å². The molecule has 0 spiro atoms. The smallest absolute Gasteiger partial charge is 0.294 e. The first-order valence-electron chi connectivity index (χ1n) is 6.61. The lowest BCUT2D eigenvalue weighted by Crippen LogP contribution is -2.34. The Kier molecular flexibility index (Phi) is 5.30. The van der Waals surface area contributed by atoms with Crippen LogP contribution >= 0.6 is 11.3 Å². The Morgan fingerprint density at radius 2 is 2.05 bits per heavy atom. The fourth-order valence-electron chi connectivity index (χ4n) is 2.11. The van der Waals surface area contributed by atoms with Gasteiger partial charge in [-0.2, -0.15) is 0 Å². The molecule has 1 aliphatic heterocycles. The Morgan fingerprint density at radius 3 is 2.75 bits per heavy atom. The summed E-state index contributed by atoms with van der Waals surface area (Å²) < 4.78 is 29.9. The van der Waals surface area contributed by atoms with Crippen molar-refractivity contribution in [2.75, 3.05) is 39.0 Å². The van der Waals surface area contributed by atoms with Gasteiger partial charge in [0.15, 0.2) is 0 Å². The van der Waals surface area contributed by atoms with E-state index in [4.69, 9.17) is 4.74 Å². The molecule has 0 radical (unpaired) electrons. The second kappa shape index (κ2) is 6.79. The topological polar surface area (TPSA) is 75.6 Å². The monoisotopic (exact) mass is 320 g/mol. The predicted molar refractivity (Wildman–Crippen MR) is 77.4 cm³/mol. The minimum Gasteiger partial charge on any atom is -0.469 e. The van der Waals surface area contributed by atoms with E-state index in [1.165, 1.54) is 17.6 Å². The zero-order valence-electron chi connectivity index (χ0n) is 11.8. The van der Waals surface area contributed by atoms with Gasteiger partial charge in [-0.1, -0.05) is 11.3 Å². The van der Waals surface area contributed by atoms with Gasteiger partial charge in [-0.15, -0.1) is 10.2 Å². The lowest BCUT2D eigenvalue weighted by molar-refractivity contribution is 0.277. The van der Waals surface area contributed by atoms with E-state index < -0.39 is 10.0 Å². The fraction of sp³-hybridized carbons (Fsp3) is 0.818. The van der Waals surface area contributed by atoms with Gasteiger partial charge in [0, 0.05) is 19.6 Å². The summed E-state index contributed by atoms with van der Waals surface area (Å²) in [6.45, 7) is 5.91. The lowest BCUT2D eigenvalue weighted by atomic mass is 10.4. The molecule has 0 saturated carbocycles. The molecule has 0 bridgehead atoms. The van der Waals surface area contributed by atoms with Crippen molar-refractivity contribution in [2.24, 2.45) is 0 Å². The van der Waals surface area contributed by atoms with Crippen molar-refractivity contribution in [3.05, 3.63) is 5.01 Å². The number of ether oxygens (including phenoxy) is 1. The van der Waals surface area contributed by atoms with E-state index in [9.17, 15) is 8.42 Å². The maximum atomic E-state index is 11.5. The number of hydrogen-bond acceptors (Lipinski definition) is 7. The fourth-order valence-corrected chi connectivity index (χ4v) is 3.77. The van der Waals surface area contributed by atoms with Gasteiger partial charge in [0.25, 0.3) is 5.19 Å². The first kappa shape index (κ1) is 15.6. The van der Waals surface area contributed by atoms with E-state index in [1.807, 2.05) is 6.92 Å². The van der Waals surface area contributed by atoms with Crippen LogP contribution in [0.2, 0.25) is 0 Å². The van der Waals surface area contributed by atoms with Gasteiger partial charge >= 0.3 is 0 Å². The number of nitrogens with zero attached hydrogens (tertiary/aromatic N) is 4. The minimum absolute atomic E-state index is 0.538. The molecule has 1 aliphatic rings. The van der Waals surface area contributed by atoms with Gasteiger partial charge in [0.05, 0.1) is 19.4 Å².